The normalized spacial score (nSPS) is 12.4. The largest absolute Gasteiger partial charge is 0.481 e. The maximum atomic E-state index is 13.4. The fourth-order valence-corrected chi connectivity index (χ4v) is 3.15. The van der Waals surface area contributed by atoms with Crippen molar-refractivity contribution in [3.63, 3.8) is 0 Å². The second-order valence-electron chi connectivity index (χ2n) is 4.76. The summed E-state index contributed by atoms with van der Waals surface area (Å²) in [6.07, 6.45) is -0.601. The Morgan fingerprint density at radius 2 is 1.70 bits per heavy atom. The van der Waals surface area contributed by atoms with Crippen molar-refractivity contribution in [2.75, 3.05) is 0 Å². The monoisotopic (exact) mass is 311 g/mol. The van der Waals surface area contributed by atoms with E-state index in [0.717, 1.165) is 0 Å². The standard InChI is InChI=1S/C11H12F3NO4S/c1-11(2,5-9(16)17)15-20(18,19)10-7(13)3-6(12)4-8(10)14/h3-4,15H,5H2,1-2H3,(H,16,17). The molecule has 1 aromatic carbocycles. The predicted molar refractivity (Wildman–Crippen MR) is 63.0 cm³/mol. The summed E-state index contributed by atoms with van der Waals surface area (Å²) in [5.41, 5.74) is -1.47. The van der Waals surface area contributed by atoms with Crippen LogP contribution in [-0.2, 0) is 14.8 Å². The first kappa shape index (κ1) is 16.4. The summed E-state index contributed by atoms with van der Waals surface area (Å²) >= 11 is 0. The minimum absolute atomic E-state index is 0.224. The Morgan fingerprint density at radius 3 is 2.10 bits per heavy atom. The molecule has 0 unspecified atom stereocenters. The number of sulfonamides is 1. The highest BCUT2D eigenvalue weighted by atomic mass is 32.2. The first-order valence-electron chi connectivity index (χ1n) is 5.35. The van der Waals surface area contributed by atoms with Crippen LogP contribution in [-0.4, -0.2) is 25.0 Å². The van der Waals surface area contributed by atoms with Crippen LogP contribution in [0, 0.1) is 17.5 Å². The predicted octanol–water partition coefficient (Wildman–Crippen LogP) is 1.64. The van der Waals surface area contributed by atoms with E-state index < -0.39 is 50.3 Å². The van der Waals surface area contributed by atoms with Gasteiger partial charge in [0.05, 0.1) is 6.42 Å². The Hall–Kier alpha value is -1.61. The highest BCUT2D eigenvalue weighted by Gasteiger charge is 2.32. The second-order valence-corrected chi connectivity index (χ2v) is 6.38. The first-order chi connectivity index (χ1) is 8.94. The molecule has 0 spiro atoms. The van der Waals surface area contributed by atoms with Crippen molar-refractivity contribution in [1.29, 1.82) is 0 Å². The van der Waals surface area contributed by atoms with E-state index in [0.29, 0.717) is 0 Å². The van der Waals surface area contributed by atoms with Crippen molar-refractivity contribution in [2.45, 2.75) is 30.7 Å². The maximum absolute atomic E-state index is 13.4. The summed E-state index contributed by atoms with van der Waals surface area (Å²) < 4.78 is 65.2. The van der Waals surface area contributed by atoms with Crippen molar-refractivity contribution < 1.29 is 31.5 Å². The number of benzene rings is 1. The van der Waals surface area contributed by atoms with Crippen LogP contribution in [0.4, 0.5) is 13.2 Å². The molecule has 0 saturated carbocycles. The number of halogens is 3. The molecule has 112 valence electrons. The Kier molecular flexibility index (Phi) is 4.45. The molecule has 0 aromatic heterocycles. The summed E-state index contributed by atoms with van der Waals surface area (Å²) in [5.74, 6) is -5.75. The van der Waals surface area contributed by atoms with E-state index in [1.165, 1.54) is 13.8 Å². The molecule has 1 aromatic rings. The molecule has 9 heteroatoms. The molecule has 0 aliphatic carbocycles. The SMILES string of the molecule is CC(C)(CC(=O)O)NS(=O)(=O)c1c(F)cc(F)cc1F. The molecule has 0 amide bonds. The van der Waals surface area contributed by atoms with Gasteiger partial charge < -0.3 is 5.11 Å². The zero-order chi connectivity index (χ0) is 15.7. The molecular weight excluding hydrogens is 299 g/mol. The second kappa shape index (κ2) is 5.41. The lowest BCUT2D eigenvalue weighted by atomic mass is 10.0. The molecule has 0 radical (unpaired) electrons. The molecule has 1 rings (SSSR count). The maximum Gasteiger partial charge on any atom is 0.305 e. The van der Waals surface area contributed by atoms with Gasteiger partial charge in [-0.25, -0.2) is 26.3 Å². The smallest absolute Gasteiger partial charge is 0.305 e. The Labute approximate surface area is 113 Å². The summed E-state index contributed by atoms with van der Waals surface area (Å²) in [6.45, 7) is 2.47. The van der Waals surface area contributed by atoms with Crippen LogP contribution in [0.3, 0.4) is 0 Å². The molecule has 0 atom stereocenters. The lowest BCUT2D eigenvalue weighted by molar-refractivity contribution is -0.138. The molecule has 0 aliphatic heterocycles. The summed E-state index contributed by atoms with van der Waals surface area (Å²) in [6, 6.07) is 0.448. The third-order valence-corrected chi connectivity index (χ3v) is 3.98. The van der Waals surface area contributed by atoms with Gasteiger partial charge in [-0.1, -0.05) is 0 Å². The van der Waals surface area contributed by atoms with E-state index in [4.69, 9.17) is 5.11 Å². The van der Waals surface area contributed by atoms with Gasteiger partial charge in [0.25, 0.3) is 0 Å². The van der Waals surface area contributed by atoms with Crippen molar-refractivity contribution in [3.8, 4) is 0 Å². The molecule has 0 saturated heterocycles. The lowest BCUT2D eigenvalue weighted by Gasteiger charge is -2.24. The number of carboxylic acid groups (broad SMARTS) is 1. The van der Waals surface area contributed by atoms with Crippen LogP contribution in [0.5, 0.6) is 0 Å². The van der Waals surface area contributed by atoms with Crippen molar-refractivity contribution in [2.24, 2.45) is 0 Å². The molecule has 5 nitrogen and oxygen atoms in total. The van der Waals surface area contributed by atoms with E-state index >= 15 is 0 Å². The zero-order valence-electron chi connectivity index (χ0n) is 10.6. The molecule has 0 aliphatic rings. The van der Waals surface area contributed by atoms with Crippen molar-refractivity contribution in [3.05, 3.63) is 29.6 Å². The van der Waals surface area contributed by atoms with Gasteiger partial charge in [0.2, 0.25) is 10.0 Å². The minimum Gasteiger partial charge on any atom is -0.481 e. The zero-order valence-corrected chi connectivity index (χ0v) is 11.4. The van der Waals surface area contributed by atoms with Crippen LogP contribution in [0.25, 0.3) is 0 Å². The fraction of sp³-hybridized carbons (Fsp3) is 0.364. The average molecular weight is 311 g/mol. The Morgan fingerprint density at radius 1 is 1.25 bits per heavy atom. The van der Waals surface area contributed by atoms with Gasteiger partial charge >= 0.3 is 5.97 Å². The van der Waals surface area contributed by atoms with E-state index in [9.17, 15) is 26.4 Å². The van der Waals surface area contributed by atoms with Gasteiger partial charge in [-0.2, -0.15) is 0 Å². The molecule has 0 fully saturated rings. The van der Waals surface area contributed by atoms with Crippen LogP contribution < -0.4 is 4.72 Å². The molecule has 0 bridgehead atoms. The van der Waals surface area contributed by atoms with Gasteiger partial charge in [0.15, 0.2) is 4.90 Å². The average Bonchev–Trinajstić information content (AvgIpc) is 2.08. The van der Waals surface area contributed by atoms with Crippen LogP contribution in [0.2, 0.25) is 0 Å². The Bertz CT molecular complexity index is 620. The molecule has 20 heavy (non-hydrogen) atoms. The topological polar surface area (TPSA) is 83.5 Å². The highest BCUT2D eigenvalue weighted by molar-refractivity contribution is 7.89. The number of nitrogens with one attached hydrogen (secondary N) is 1. The summed E-state index contributed by atoms with van der Waals surface area (Å²) in [7, 11) is -4.67. The van der Waals surface area contributed by atoms with Crippen LogP contribution >= 0.6 is 0 Å². The fourth-order valence-electron chi connectivity index (χ4n) is 1.61. The van der Waals surface area contributed by atoms with Crippen LogP contribution in [0.15, 0.2) is 17.0 Å². The van der Waals surface area contributed by atoms with E-state index in [-0.39, 0.29) is 12.1 Å². The quantitative estimate of drug-likeness (QED) is 0.866. The van der Waals surface area contributed by atoms with Crippen molar-refractivity contribution in [1.82, 2.24) is 4.72 Å². The lowest BCUT2D eigenvalue weighted by Crippen LogP contribution is -2.45. The Balaban J connectivity index is 3.22. The van der Waals surface area contributed by atoms with Crippen molar-refractivity contribution >= 4 is 16.0 Å². The van der Waals surface area contributed by atoms with E-state index in [2.05, 4.69) is 0 Å². The molecule has 2 N–H and O–H groups in total. The minimum atomic E-state index is -4.67. The van der Waals surface area contributed by atoms with E-state index in [1.807, 2.05) is 4.72 Å². The van der Waals surface area contributed by atoms with E-state index in [1.54, 1.807) is 0 Å². The summed E-state index contributed by atoms with van der Waals surface area (Å²) in [4.78, 5) is 9.23. The number of hydrogen-bond acceptors (Lipinski definition) is 3. The van der Waals surface area contributed by atoms with Gasteiger partial charge in [0, 0.05) is 17.7 Å². The number of hydrogen-bond donors (Lipinski definition) is 2. The number of carbonyl (C=O) groups is 1. The molecule has 0 heterocycles. The molecular formula is C11H12F3NO4S. The summed E-state index contributed by atoms with van der Waals surface area (Å²) in [5, 5.41) is 8.63. The van der Waals surface area contributed by atoms with Gasteiger partial charge in [-0.3, -0.25) is 4.79 Å². The highest BCUT2D eigenvalue weighted by Crippen LogP contribution is 2.22. The van der Waals surface area contributed by atoms with Gasteiger partial charge in [-0.15, -0.1) is 0 Å². The number of rotatable bonds is 5. The van der Waals surface area contributed by atoms with Crippen LogP contribution in [0.1, 0.15) is 20.3 Å². The van der Waals surface area contributed by atoms with Gasteiger partial charge in [-0.05, 0) is 13.8 Å². The first-order valence-corrected chi connectivity index (χ1v) is 6.83. The third-order valence-electron chi connectivity index (χ3n) is 2.24. The third kappa shape index (κ3) is 3.94. The number of carboxylic acids is 1. The van der Waals surface area contributed by atoms with Gasteiger partial charge in [0.1, 0.15) is 17.5 Å². The number of aliphatic carboxylic acids is 1.